The van der Waals surface area contributed by atoms with Crippen LogP contribution in [0.4, 0.5) is 0 Å². The van der Waals surface area contributed by atoms with Crippen LogP contribution in [0.25, 0.3) is 0 Å². The minimum atomic E-state index is 0.737. The maximum atomic E-state index is 5.07. The number of nitrogens with zero attached hydrogens (tertiary/aromatic N) is 2. The molecule has 0 spiro atoms. The molecule has 0 saturated carbocycles. The van der Waals surface area contributed by atoms with Crippen molar-refractivity contribution in [3.8, 4) is 24.2 Å². The molecule has 0 rings (SSSR count). The van der Waals surface area contributed by atoms with Crippen LogP contribution in [0.15, 0.2) is 0 Å². The van der Waals surface area contributed by atoms with E-state index in [1.54, 1.807) is 0 Å². The average Bonchev–Trinajstić information content (AvgIpc) is 2.28. The molecule has 0 aliphatic carbocycles. The van der Waals surface area contributed by atoms with Gasteiger partial charge in [0.05, 0.1) is 35.2 Å². The second-order valence-electron chi connectivity index (χ2n) is 4.28. The third kappa shape index (κ3) is 7.57. The van der Waals surface area contributed by atoms with Crippen LogP contribution in [0.3, 0.4) is 0 Å². The summed E-state index contributed by atoms with van der Waals surface area (Å²) in [6, 6.07) is 0. The van der Waals surface area contributed by atoms with Crippen molar-refractivity contribution in [1.29, 1.82) is 0 Å². The van der Waals surface area contributed by atoms with E-state index in [1.807, 2.05) is 0 Å². The first-order valence-electron chi connectivity index (χ1n) is 5.98. The summed E-state index contributed by atoms with van der Waals surface area (Å²) in [6.45, 7) is 5.73. The second kappa shape index (κ2) is 9.52. The van der Waals surface area contributed by atoms with Crippen LogP contribution in [0.5, 0.6) is 0 Å². The zero-order chi connectivity index (χ0) is 12.4. The topological polar surface area (TPSA) is 6.48 Å². The Bertz CT molecular complexity index is 279. The van der Waals surface area contributed by atoms with Crippen molar-refractivity contribution >= 4 is 29.0 Å². The maximum Gasteiger partial charge on any atom is 0.0783 e. The Hall–Kier alpha value is -0.700. The van der Waals surface area contributed by atoms with Crippen LogP contribution in [-0.4, -0.2) is 72.1 Å². The Morgan fingerprint density at radius 1 is 1.50 bits per heavy atom. The number of hydrogen-bond acceptors (Lipinski definition) is 2. The number of rotatable bonds is 7. The quantitative estimate of drug-likeness (QED) is 0.261. The Labute approximate surface area is 104 Å². The summed E-state index contributed by atoms with van der Waals surface area (Å²) in [6.07, 6.45) is 6.23. The van der Waals surface area contributed by atoms with E-state index in [4.69, 9.17) is 6.42 Å². The number of terminal acetylenes is 1. The molecular formula is C10H20B4N2. The van der Waals surface area contributed by atoms with Crippen molar-refractivity contribution in [2.24, 2.45) is 0 Å². The van der Waals surface area contributed by atoms with Gasteiger partial charge in [0.1, 0.15) is 0 Å². The van der Waals surface area contributed by atoms with Gasteiger partial charge in [0.2, 0.25) is 0 Å². The molecule has 0 amide bonds. The normalized spacial score (nSPS) is 9.44. The van der Waals surface area contributed by atoms with Gasteiger partial charge in [0.25, 0.3) is 0 Å². The molecule has 0 N–H and O–H groups in total. The summed E-state index contributed by atoms with van der Waals surface area (Å²) < 4.78 is 0. The molecule has 0 aromatic rings. The summed E-state index contributed by atoms with van der Waals surface area (Å²) in [5.41, 5.74) is 0. The van der Waals surface area contributed by atoms with E-state index in [2.05, 4.69) is 57.0 Å². The predicted molar refractivity (Wildman–Crippen MR) is 81.3 cm³/mol. The second-order valence-corrected chi connectivity index (χ2v) is 4.28. The van der Waals surface area contributed by atoms with E-state index in [1.165, 1.54) is 7.06 Å². The van der Waals surface area contributed by atoms with Crippen LogP contribution in [0.1, 0.15) is 6.92 Å². The Morgan fingerprint density at radius 3 is 2.69 bits per heavy atom. The summed E-state index contributed by atoms with van der Waals surface area (Å²) in [5.74, 6) is 7.92. The van der Waals surface area contributed by atoms with Crippen molar-refractivity contribution in [3.63, 3.8) is 0 Å². The van der Waals surface area contributed by atoms with Gasteiger partial charge in [-0.2, -0.15) is 0 Å². The van der Waals surface area contributed by atoms with Gasteiger partial charge in [-0.05, 0) is 31.9 Å². The van der Waals surface area contributed by atoms with Crippen LogP contribution in [0, 0.1) is 24.2 Å². The fraction of sp³-hybridized carbons (Fsp3) is 0.600. The van der Waals surface area contributed by atoms with E-state index in [9.17, 15) is 0 Å². The van der Waals surface area contributed by atoms with Crippen LogP contribution >= 0.6 is 0 Å². The molecule has 82 valence electrons. The molecule has 16 heavy (non-hydrogen) atoms. The van der Waals surface area contributed by atoms with Crippen LogP contribution < -0.4 is 0 Å². The van der Waals surface area contributed by atoms with Crippen molar-refractivity contribution in [1.82, 2.24) is 9.80 Å². The lowest BCUT2D eigenvalue weighted by Gasteiger charge is -2.27. The largest absolute Gasteiger partial charge is 0.300 e. The van der Waals surface area contributed by atoms with Gasteiger partial charge < -0.3 is 0 Å². The summed E-state index contributed by atoms with van der Waals surface area (Å²) in [5, 5.41) is 0. The van der Waals surface area contributed by atoms with Crippen molar-refractivity contribution in [2.45, 2.75) is 6.92 Å². The lowest BCUT2D eigenvalue weighted by Crippen LogP contribution is -2.44. The highest BCUT2D eigenvalue weighted by atomic mass is 15.3. The third-order valence-electron chi connectivity index (χ3n) is 2.66. The standard InChI is InChI=1S/C10H20B4N2/c1-4-6-7-8-15(3)10-16(5-2)9-14(12)13-11/h1,13H,5,8-12H2,2-3H3. The predicted octanol–water partition coefficient (Wildman–Crippen LogP) is -2.52. The van der Waals surface area contributed by atoms with Crippen LogP contribution in [-0.2, 0) is 0 Å². The molecule has 0 aliphatic heterocycles. The first-order chi connectivity index (χ1) is 7.63. The monoisotopic (exact) mass is 212 g/mol. The highest BCUT2D eigenvalue weighted by Gasteiger charge is 2.11. The van der Waals surface area contributed by atoms with Crippen molar-refractivity contribution in [3.05, 3.63) is 0 Å². The maximum absolute atomic E-state index is 5.07. The van der Waals surface area contributed by atoms with E-state index in [0.717, 1.165) is 32.7 Å². The Morgan fingerprint density at radius 2 is 2.19 bits per heavy atom. The SMILES string of the molecule is BBB(B)CN(CC)CN(C)CC#CC#C. The van der Waals surface area contributed by atoms with Gasteiger partial charge in [-0.15, -0.1) is 6.42 Å². The molecule has 0 radical (unpaired) electrons. The molecule has 0 heterocycles. The fourth-order valence-corrected chi connectivity index (χ4v) is 1.47. The molecule has 0 atom stereocenters. The molecule has 6 heteroatoms. The molecule has 2 nitrogen and oxygen atoms in total. The summed E-state index contributed by atoms with van der Waals surface area (Å²) in [7, 11) is 7.84. The smallest absolute Gasteiger partial charge is 0.0783 e. The molecule has 0 aromatic heterocycles. The van der Waals surface area contributed by atoms with Gasteiger partial charge in [0.15, 0.2) is 0 Å². The minimum Gasteiger partial charge on any atom is -0.300 e. The highest BCUT2D eigenvalue weighted by molar-refractivity contribution is 7.46. The van der Waals surface area contributed by atoms with Gasteiger partial charge in [-0.25, -0.2) is 0 Å². The first kappa shape index (κ1) is 15.3. The molecule has 0 aliphatic rings. The molecule has 0 fully saturated rings. The molecule has 0 aromatic carbocycles. The first-order valence-corrected chi connectivity index (χ1v) is 5.98. The average molecular weight is 212 g/mol. The third-order valence-corrected chi connectivity index (χ3v) is 2.66. The van der Waals surface area contributed by atoms with E-state index >= 15 is 0 Å². The van der Waals surface area contributed by atoms with Crippen LogP contribution in [0.2, 0.25) is 0 Å². The number of hydrogen-bond donors (Lipinski definition) is 0. The molecule has 0 saturated heterocycles. The summed E-state index contributed by atoms with van der Waals surface area (Å²) in [4.78, 5) is 4.63. The van der Waals surface area contributed by atoms with Crippen molar-refractivity contribution in [2.75, 3.05) is 33.2 Å². The Balaban J connectivity index is 3.97. The molecular weight excluding hydrogens is 191 g/mol. The lowest BCUT2D eigenvalue weighted by atomic mass is 9.05. The van der Waals surface area contributed by atoms with Gasteiger partial charge >= 0.3 is 0 Å². The van der Waals surface area contributed by atoms with Gasteiger partial charge in [-0.3, -0.25) is 9.80 Å². The zero-order valence-corrected chi connectivity index (χ0v) is 11.1. The van der Waals surface area contributed by atoms with E-state index in [0.29, 0.717) is 0 Å². The van der Waals surface area contributed by atoms with E-state index < -0.39 is 0 Å². The minimum absolute atomic E-state index is 0.737. The summed E-state index contributed by atoms with van der Waals surface area (Å²) >= 11 is 0. The highest BCUT2D eigenvalue weighted by Crippen LogP contribution is 1.92. The Kier molecular flexibility index (Phi) is 9.10. The molecule has 0 bridgehead atoms. The van der Waals surface area contributed by atoms with E-state index in [-0.39, 0.29) is 0 Å². The van der Waals surface area contributed by atoms with Crippen molar-refractivity contribution < 1.29 is 0 Å². The lowest BCUT2D eigenvalue weighted by molar-refractivity contribution is 0.196. The van der Waals surface area contributed by atoms with Gasteiger partial charge in [-0.1, -0.05) is 12.8 Å². The molecule has 0 unspecified atom stereocenters. The zero-order valence-electron chi connectivity index (χ0n) is 11.1. The fourth-order valence-electron chi connectivity index (χ4n) is 1.47. The van der Waals surface area contributed by atoms with Gasteiger partial charge in [0, 0.05) is 7.06 Å².